The SMILES string of the molecule is CCC1(C(=O)c2ccc3cccnc3c2)CCCNC1. The number of nitrogens with zero attached hydrogens (tertiary/aromatic N) is 1. The molecule has 0 saturated carbocycles. The number of ketones is 1. The van der Waals surface area contributed by atoms with Crippen molar-refractivity contribution in [2.75, 3.05) is 13.1 Å². The number of hydrogen-bond donors (Lipinski definition) is 1. The highest BCUT2D eigenvalue weighted by atomic mass is 16.1. The summed E-state index contributed by atoms with van der Waals surface area (Å²) in [5.74, 6) is 0.264. The lowest BCUT2D eigenvalue weighted by Crippen LogP contribution is -2.45. The summed E-state index contributed by atoms with van der Waals surface area (Å²) in [5, 5.41) is 4.46. The molecule has 3 nitrogen and oxygen atoms in total. The normalized spacial score (nSPS) is 22.9. The van der Waals surface area contributed by atoms with E-state index in [4.69, 9.17) is 0 Å². The molecule has 0 aliphatic carbocycles. The Kier molecular flexibility index (Phi) is 3.53. The van der Waals surface area contributed by atoms with Crippen LogP contribution in [-0.2, 0) is 0 Å². The van der Waals surface area contributed by atoms with Gasteiger partial charge in [0.2, 0.25) is 0 Å². The first kappa shape index (κ1) is 13.3. The van der Waals surface area contributed by atoms with Crippen molar-refractivity contribution in [3.63, 3.8) is 0 Å². The van der Waals surface area contributed by atoms with Gasteiger partial charge in [0, 0.05) is 29.1 Å². The van der Waals surface area contributed by atoms with Crippen molar-refractivity contribution in [2.24, 2.45) is 5.41 Å². The first-order chi connectivity index (χ1) is 9.75. The van der Waals surface area contributed by atoms with Gasteiger partial charge in [0.25, 0.3) is 0 Å². The molecular weight excluding hydrogens is 248 g/mol. The molecule has 0 amide bonds. The van der Waals surface area contributed by atoms with Crippen molar-refractivity contribution in [2.45, 2.75) is 26.2 Å². The molecule has 1 aliphatic heterocycles. The fourth-order valence-electron chi connectivity index (χ4n) is 3.14. The van der Waals surface area contributed by atoms with Gasteiger partial charge in [-0.05, 0) is 37.9 Å². The lowest BCUT2D eigenvalue weighted by atomic mass is 9.72. The Morgan fingerprint density at radius 3 is 3.05 bits per heavy atom. The third-order valence-corrected chi connectivity index (χ3v) is 4.50. The van der Waals surface area contributed by atoms with Crippen molar-refractivity contribution in [3.8, 4) is 0 Å². The lowest BCUT2D eigenvalue weighted by Gasteiger charge is -2.35. The van der Waals surface area contributed by atoms with Gasteiger partial charge in [-0.3, -0.25) is 9.78 Å². The number of carbonyl (C=O) groups excluding carboxylic acids is 1. The van der Waals surface area contributed by atoms with Crippen LogP contribution in [-0.4, -0.2) is 23.9 Å². The highest BCUT2D eigenvalue weighted by molar-refractivity contribution is 6.03. The van der Waals surface area contributed by atoms with Crippen LogP contribution in [0.5, 0.6) is 0 Å². The molecule has 1 N–H and O–H groups in total. The van der Waals surface area contributed by atoms with Crippen molar-refractivity contribution < 1.29 is 4.79 Å². The molecule has 2 aromatic rings. The second-order valence-electron chi connectivity index (χ2n) is 5.65. The molecule has 2 heterocycles. The standard InChI is InChI=1S/C17H20N2O/c1-2-17(8-4-9-18-12-17)16(20)14-7-6-13-5-3-10-19-15(13)11-14/h3,5-7,10-11,18H,2,4,8-9,12H2,1H3. The first-order valence-electron chi connectivity index (χ1n) is 7.35. The first-order valence-corrected chi connectivity index (χ1v) is 7.35. The maximum atomic E-state index is 12.9. The number of hydrogen-bond acceptors (Lipinski definition) is 3. The molecule has 104 valence electrons. The molecule has 1 unspecified atom stereocenters. The molecule has 3 heteroatoms. The Morgan fingerprint density at radius 1 is 1.40 bits per heavy atom. The zero-order valence-corrected chi connectivity index (χ0v) is 11.9. The molecule has 0 radical (unpaired) electrons. The molecule has 1 fully saturated rings. The van der Waals surface area contributed by atoms with Gasteiger partial charge < -0.3 is 5.32 Å². The quantitative estimate of drug-likeness (QED) is 0.869. The summed E-state index contributed by atoms with van der Waals surface area (Å²) in [7, 11) is 0. The fraction of sp³-hybridized carbons (Fsp3) is 0.412. The number of aromatic nitrogens is 1. The predicted molar refractivity (Wildman–Crippen MR) is 80.9 cm³/mol. The van der Waals surface area contributed by atoms with Gasteiger partial charge in [-0.25, -0.2) is 0 Å². The van der Waals surface area contributed by atoms with Gasteiger partial charge in [-0.2, -0.15) is 0 Å². The Bertz CT molecular complexity index is 630. The van der Waals surface area contributed by atoms with Crippen LogP contribution in [0.25, 0.3) is 10.9 Å². The minimum atomic E-state index is -0.235. The molecule has 0 bridgehead atoms. The monoisotopic (exact) mass is 268 g/mol. The summed E-state index contributed by atoms with van der Waals surface area (Å²) in [6, 6.07) is 9.81. The molecule has 1 aromatic carbocycles. The van der Waals surface area contributed by atoms with Crippen molar-refractivity contribution in [3.05, 3.63) is 42.1 Å². The topological polar surface area (TPSA) is 42.0 Å². The summed E-state index contributed by atoms with van der Waals surface area (Å²) in [6.07, 6.45) is 4.72. The van der Waals surface area contributed by atoms with Crippen LogP contribution < -0.4 is 5.32 Å². The Labute approximate surface area is 119 Å². The lowest BCUT2D eigenvalue weighted by molar-refractivity contribution is 0.0730. The van der Waals surface area contributed by atoms with E-state index in [9.17, 15) is 4.79 Å². The van der Waals surface area contributed by atoms with E-state index in [2.05, 4.69) is 17.2 Å². The molecule has 20 heavy (non-hydrogen) atoms. The van der Waals surface area contributed by atoms with Crippen molar-refractivity contribution >= 4 is 16.7 Å². The van der Waals surface area contributed by atoms with E-state index in [1.165, 1.54) is 0 Å². The Morgan fingerprint density at radius 2 is 2.30 bits per heavy atom. The Hall–Kier alpha value is -1.74. The number of pyridine rings is 1. The van der Waals surface area contributed by atoms with E-state index in [1.54, 1.807) is 6.20 Å². The van der Waals surface area contributed by atoms with Crippen LogP contribution in [0.2, 0.25) is 0 Å². The average molecular weight is 268 g/mol. The van der Waals surface area contributed by atoms with Gasteiger partial charge in [-0.1, -0.05) is 25.1 Å². The van der Waals surface area contributed by atoms with Crippen molar-refractivity contribution in [1.29, 1.82) is 0 Å². The molecule has 1 aromatic heterocycles. The molecule has 1 saturated heterocycles. The van der Waals surface area contributed by atoms with Gasteiger partial charge in [0.1, 0.15) is 0 Å². The summed E-state index contributed by atoms with van der Waals surface area (Å²) in [6.45, 7) is 3.93. The van der Waals surface area contributed by atoms with Gasteiger partial charge in [0.05, 0.1) is 5.52 Å². The average Bonchev–Trinajstić information content (AvgIpc) is 2.54. The van der Waals surface area contributed by atoms with Crippen molar-refractivity contribution in [1.82, 2.24) is 10.3 Å². The van der Waals surface area contributed by atoms with E-state index < -0.39 is 0 Å². The van der Waals surface area contributed by atoms with Gasteiger partial charge in [-0.15, -0.1) is 0 Å². The van der Waals surface area contributed by atoms with Crippen LogP contribution in [0, 0.1) is 5.41 Å². The minimum absolute atomic E-state index is 0.235. The highest BCUT2D eigenvalue weighted by Gasteiger charge is 2.38. The Balaban J connectivity index is 1.98. The minimum Gasteiger partial charge on any atom is -0.316 e. The third kappa shape index (κ3) is 2.22. The van der Waals surface area contributed by atoms with Gasteiger partial charge in [0.15, 0.2) is 5.78 Å². The van der Waals surface area contributed by atoms with Crippen LogP contribution in [0.1, 0.15) is 36.5 Å². The van der Waals surface area contributed by atoms with Crippen LogP contribution >= 0.6 is 0 Å². The number of Topliss-reactive ketones (excluding diaryl/α,β-unsaturated/α-hetero) is 1. The number of carbonyl (C=O) groups is 1. The van der Waals surface area contributed by atoms with E-state index in [1.807, 2.05) is 30.3 Å². The highest BCUT2D eigenvalue weighted by Crippen LogP contribution is 2.34. The summed E-state index contributed by atoms with van der Waals surface area (Å²) in [4.78, 5) is 17.3. The van der Waals surface area contributed by atoms with Gasteiger partial charge >= 0.3 is 0 Å². The smallest absolute Gasteiger partial charge is 0.170 e. The van der Waals surface area contributed by atoms with E-state index in [0.29, 0.717) is 0 Å². The zero-order chi connectivity index (χ0) is 14.0. The maximum absolute atomic E-state index is 12.9. The maximum Gasteiger partial charge on any atom is 0.170 e. The van der Waals surface area contributed by atoms with E-state index in [0.717, 1.165) is 48.8 Å². The summed E-state index contributed by atoms with van der Waals surface area (Å²) in [5.41, 5.74) is 1.45. The zero-order valence-electron chi connectivity index (χ0n) is 11.9. The number of fused-ring (bicyclic) bond motifs is 1. The molecule has 1 aliphatic rings. The fourth-order valence-corrected chi connectivity index (χ4v) is 3.14. The number of piperidine rings is 1. The largest absolute Gasteiger partial charge is 0.316 e. The third-order valence-electron chi connectivity index (χ3n) is 4.50. The molecule has 3 rings (SSSR count). The summed E-state index contributed by atoms with van der Waals surface area (Å²) < 4.78 is 0. The summed E-state index contributed by atoms with van der Waals surface area (Å²) >= 11 is 0. The van der Waals surface area contributed by atoms with E-state index in [-0.39, 0.29) is 11.2 Å². The molecule has 0 spiro atoms. The van der Waals surface area contributed by atoms with E-state index >= 15 is 0 Å². The second-order valence-corrected chi connectivity index (χ2v) is 5.65. The number of nitrogens with one attached hydrogen (secondary N) is 1. The van der Waals surface area contributed by atoms with Crippen LogP contribution in [0.4, 0.5) is 0 Å². The molecular formula is C17H20N2O. The number of benzene rings is 1. The molecule has 1 atom stereocenters. The van der Waals surface area contributed by atoms with Crippen LogP contribution in [0.3, 0.4) is 0 Å². The number of rotatable bonds is 3. The second kappa shape index (κ2) is 5.33. The predicted octanol–water partition coefficient (Wildman–Crippen LogP) is 3.20. The van der Waals surface area contributed by atoms with Crippen LogP contribution in [0.15, 0.2) is 36.5 Å².